The summed E-state index contributed by atoms with van der Waals surface area (Å²) in [5, 5.41) is 20.3. The van der Waals surface area contributed by atoms with Gasteiger partial charge in [0, 0.05) is 13.1 Å². The van der Waals surface area contributed by atoms with Crippen LogP contribution in [0.15, 0.2) is 0 Å². The van der Waals surface area contributed by atoms with E-state index in [-0.39, 0.29) is 11.8 Å². The molecule has 5 N–H and O–H groups in total. The molecule has 0 spiro atoms. The van der Waals surface area contributed by atoms with Crippen molar-refractivity contribution < 1.29 is 29.4 Å². The van der Waals surface area contributed by atoms with Gasteiger partial charge in [0.25, 0.3) is 0 Å². The zero-order valence-electron chi connectivity index (χ0n) is 14.8. The lowest BCUT2D eigenvalue weighted by Gasteiger charge is -2.32. The lowest BCUT2D eigenvalue weighted by molar-refractivity contribution is -0.148. The van der Waals surface area contributed by atoms with Crippen LogP contribution in [0.2, 0.25) is 0 Å². The summed E-state index contributed by atoms with van der Waals surface area (Å²) in [7, 11) is 0. The molecule has 2 rings (SSSR count). The first-order valence-corrected chi connectivity index (χ1v) is 8.78. The van der Waals surface area contributed by atoms with E-state index in [4.69, 9.17) is 15.9 Å². The van der Waals surface area contributed by atoms with Crippen molar-refractivity contribution in [3.63, 3.8) is 0 Å². The van der Waals surface area contributed by atoms with Crippen LogP contribution < -0.4 is 11.1 Å². The van der Waals surface area contributed by atoms with Crippen LogP contribution in [-0.2, 0) is 19.2 Å². The van der Waals surface area contributed by atoms with Crippen LogP contribution in [0.3, 0.4) is 0 Å². The molecule has 3 amide bonds. The minimum atomic E-state index is -1.41. The highest BCUT2D eigenvalue weighted by molar-refractivity contribution is 5.94. The normalized spacial score (nSPS) is 25.0. The number of carboxylic acid groups (broad SMARTS) is 1. The summed E-state index contributed by atoms with van der Waals surface area (Å²) < 4.78 is 0. The van der Waals surface area contributed by atoms with Crippen molar-refractivity contribution in [2.24, 2.45) is 5.73 Å². The molecule has 0 aromatic rings. The highest BCUT2D eigenvalue weighted by atomic mass is 16.4. The Labute approximate surface area is 151 Å². The number of aliphatic carboxylic acids is 1. The molecular weight excluding hydrogens is 344 g/mol. The van der Waals surface area contributed by atoms with E-state index in [1.807, 2.05) is 0 Å². The second-order valence-electron chi connectivity index (χ2n) is 6.75. The van der Waals surface area contributed by atoms with Crippen LogP contribution in [0.4, 0.5) is 0 Å². The minimum Gasteiger partial charge on any atom is -0.480 e. The first kappa shape index (κ1) is 20.1. The molecule has 2 heterocycles. The van der Waals surface area contributed by atoms with E-state index in [9.17, 15) is 19.2 Å². The lowest BCUT2D eigenvalue weighted by atomic mass is 10.1. The molecule has 2 saturated heterocycles. The zero-order valence-corrected chi connectivity index (χ0v) is 14.8. The standard InChI is InChI=1S/C16H26N4O6/c1-9(17)14(23)20-7-3-5-12(20)15(24)19-6-2-4-11(19)13(22)18-10(8-21)16(25)26/h9-12,21H,2-8,17H2,1H3,(H,18,22)(H,25,26)/t9-,10-,11-,12-/m0/s1. The first-order valence-electron chi connectivity index (χ1n) is 8.78. The fourth-order valence-corrected chi connectivity index (χ4v) is 3.50. The fraction of sp³-hybridized carbons (Fsp3) is 0.750. The van der Waals surface area contributed by atoms with Crippen molar-refractivity contribution in [2.45, 2.75) is 56.8 Å². The number of aliphatic hydroxyl groups excluding tert-OH is 1. The molecule has 4 atom stereocenters. The van der Waals surface area contributed by atoms with E-state index in [1.165, 1.54) is 9.80 Å². The maximum Gasteiger partial charge on any atom is 0.328 e. The molecule has 2 aliphatic heterocycles. The molecule has 146 valence electrons. The number of hydrogen-bond donors (Lipinski definition) is 4. The van der Waals surface area contributed by atoms with Gasteiger partial charge in [-0.3, -0.25) is 14.4 Å². The number of hydrogen-bond acceptors (Lipinski definition) is 6. The van der Waals surface area contributed by atoms with Gasteiger partial charge in [0.15, 0.2) is 0 Å². The number of rotatable bonds is 6. The molecule has 0 aromatic heterocycles. The number of nitrogens with one attached hydrogen (secondary N) is 1. The van der Waals surface area contributed by atoms with Gasteiger partial charge in [0.05, 0.1) is 12.6 Å². The highest BCUT2D eigenvalue weighted by Gasteiger charge is 2.42. The summed E-state index contributed by atoms with van der Waals surface area (Å²) in [6.07, 6.45) is 2.21. The highest BCUT2D eigenvalue weighted by Crippen LogP contribution is 2.25. The van der Waals surface area contributed by atoms with Gasteiger partial charge in [-0.05, 0) is 32.6 Å². The fourth-order valence-electron chi connectivity index (χ4n) is 3.50. The molecule has 10 heteroatoms. The molecule has 26 heavy (non-hydrogen) atoms. The van der Waals surface area contributed by atoms with E-state index < -0.39 is 42.7 Å². The minimum absolute atomic E-state index is 0.299. The summed E-state index contributed by atoms with van der Waals surface area (Å²) in [6, 6.07) is -3.57. The average molecular weight is 370 g/mol. The second-order valence-corrected chi connectivity index (χ2v) is 6.75. The molecule has 0 aromatic carbocycles. The third kappa shape index (κ3) is 4.13. The predicted molar refractivity (Wildman–Crippen MR) is 89.8 cm³/mol. The zero-order chi connectivity index (χ0) is 19.4. The van der Waals surface area contributed by atoms with Crippen LogP contribution in [0, 0.1) is 0 Å². The van der Waals surface area contributed by atoms with Crippen LogP contribution >= 0.6 is 0 Å². The number of amides is 3. The third-order valence-corrected chi connectivity index (χ3v) is 4.85. The third-order valence-electron chi connectivity index (χ3n) is 4.85. The molecule has 0 aliphatic carbocycles. The van der Waals surface area contributed by atoms with Gasteiger partial charge >= 0.3 is 5.97 Å². The maximum atomic E-state index is 12.9. The second kappa shape index (κ2) is 8.45. The smallest absolute Gasteiger partial charge is 0.328 e. The topological polar surface area (TPSA) is 153 Å². The van der Waals surface area contributed by atoms with Gasteiger partial charge in [0.1, 0.15) is 18.1 Å². The van der Waals surface area contributed by atoms with E-state index in [0.29, 0.717) is 38.8 Å². The summed E-state index contributed by atoms with van der Waals surface area (Å²) >= 11 is 0. The molecular formula is C16H26N4O6. The van der Waals surface area contributed by atoms with Crippen LogP contribution in [0.1, 0.15) is 32.6 Å². The first-order chi connectivity index (χ1) is 12.3. The van der Waals surface area contributed by atoms with E-state index in [0.717, 1.165) is 0 Å². The van der Waals surface area contributed by atoms with Crippen molar-refractivity contribution in [1.82, 2.24) is 15.1 Å². The Kier molecular flexibility index (Phi) is 6.54. The number of likely N-dealkylation sites (tertiary alicyclic amines) is 2. The molecule has 2 fully saturated rings. The Balaban J connectivity index is 2.09. The Morgan fingerprint density at radius 2 is 1.69 bits per heavy atom. The summed E-state index contributed by atoms with van der Waals surface area (Å²) in [4.78, 5) is 51.4. The Hall–Kier alpha value is -2.20. The van der Waals surface area contributed by atoms with Gasteiger partial charge < -0.3 is 31.1 Å². The van der Waals surface area contributed by atoms with Gasteiger partial charge in [0.2, 0.25) is 17.7 Å². The predicted octanol–water partition coefficient (Wildman–Crippen LogP) is -2.12. The molecule has 10 nitrogen and oxygen atoms in total. The number of carboxylic acids is 1. The number of nitrogens with two attached hydrogens (primary N) is 1. The Bertz CT molecular complexity index is 581. The average Bonchev–Trinajstić information content (AvgIpc) is 3.26. The number of carbonyl (C=O) groups excluding carboxylic acids is 3. The van der Waals surface area contributed by atoms with Crippen molar-refractivity contribution in [1.29, 1.82) is 0 Å². The Morgan fingerprint density at radius 3 is 2.23 bits per heavy atom. The lowest BCUT2D eigenvalue weighted by Crippen LogP contribution is -2.56. The van der Waals surface area contributed by atoms with Gasteiger partial charge in [-0.25, -0.2) is 4.79 Å². The van der Waals surface area contributed by atoms with Crippen LogP contribution in [-0.4, -0.2) is 87.6 Å². The largest absolute Gasteiger partial charge is 0.480 e. The maximum absolute atomic E-state index is 12.9. The summed E-state index contributed by atoms with van der Waals surface area (Å²) in [6.45, 7) is 1.65. The molecule has 0 unspecified atom stereocenters. The monoisotopic (exact) mass is 370 g/mol. The van der Waals surface area contributed by atoms with E-state index in [1.54, 1.807) is 6.92 Å². The molecule has 0 bridgehead atoms. The Morgan fingerprint density at radius 1 is 1.12 bits per heavy atom. The van der Waals surface area contributed by atoms with Crippen LogP contribution in [0.25, 0.3) is 0 Å². The van der Waals surface area contributed by atoms with Crippen molar-refractivity contribution >= 4 is 23.7 Å². The van der Waals surface area contributed by atoms with Gasteiger partial charge in [-0.2, -0.15) is 0 Å². The molecule has 0 saturated carbocycles. The van der Waals surface area contributed by atoms with Crippen molar-refractivity contribution in [3.05, 3.63) is 0 Å². The quantitative estimate of drug-likeness (QED) is 0.417. The van der Waals surface area contributed by atoms with Crippen molar-refractivity contribution in [3.8, 4) is 0 Å². The van der Waals surface area contributed by atoms with Gasteiger partial charge in [-0.15, -0.1) is 0 Å². The summed E-state index contributed by atoms with van der Waals surface area (Å²) in [5.74, 6) is -2.57. The SMILES string of the molecule is C[C@H](N)C(=O)N1CCC[C@H]1C(=O)N1CCC[C@H]1C(=O)N[C@@H](CO)C(=O)O. The molecule has 0 radical (unpaired) electrons. The van der Waals surface area contributed by atoms with Crippen molar-refractivity contribution in [2.75, 3.05) is 19.7 Å². The van der Waals surface area contributed by atoms with E-state index in [2.05, 4.69) is 5.32 Å². The summed E-state index contributed by atoms with van der Waals surface area (Å²) in [5.41, 5.74) is 5.65. The number of carbonyl (C=O) groups is 4. The van der Waals surface area contributed by atoms with Gasteiger partial charge in [-0.1, -0.05) is 0 Å². The van der Waals surface area contributed by atoms with E-state index >= 15 is 0 Å². The molecule has 2 aliphatic rings. The number of nitrogens with zero attached hydrogens (tertiary/aromatic N) is 2. The van der Waals surface area contributed by atoms with Crippen LogP contribution in [0.5, 0.6) is 0 Å². The number of aliphatic hydroxyl groups is 1.